The number of benzene rings is 1. The van der Waals surface area contributed by atoms with Crippen molar-refractivity contribution in [1.82, 2.24) is 5.32 Å². The zero-order chi connectivity index (χ0) is 19.4. The topological polar surface area (TPSA) is 72.5 Å². The fourth-order valence-electron chi connectivity index (χ4n) is 2.74. The minimum absolute atomic E-state index is 0.0593. The van der Waals surface area contributed by atoms with Gasteiger partial charge < -0.3 is 10.1 Å². The number of sulfone groups is 1. The number of hydrogen-bond donors (Lipinski definition) is 1. The largest absolute Gasteiger partial charge is 0.493 e. The van der Waals surface area contributed by atoms with E-state index in [9.17, 15) is 13.2 Å². The Hall–Kier alpha value is -1.21. The Bertz CT molecular complexity index is 708. The molecule has 0 saturated carbocycles. The number of thioether (sulfide) groups is 1. The average Bonchev–Trinajstić information content (AvgIpc) is 2.89. The molecule has 1 aliphatic heterocycles. The van der Waals surface area contributed by atoms with E-state index in [0.29, 0.717) is 18.8 Å². The van der Waals surface area contributed by atoms with E-state index >= 15 is 0 Å². The third-order valence-corrected chi connectivity index (χ3v) is 7.27. The molecule has 0 aromatic heterocycles. The molecule has 146 valence electrons. The summed E-state index contributed by atoms with van der Waals surface area (Å²) in [4.78, 5) is 12.1. The molecule has 0 aliphatic carbocycles. The molecule has 0 bridgehead atoms. The van der Waals surface area contributed by atoms with Crippen LogP contribution in [-0.4, -0.2) is 49.5 Å². The van der Waals surface area contributed by atoms with Crippen molar-refractivity contribution >= 4 is 27.5 Å². The van der Waals surface area contributed by atoms with Gasteiger partial charge in [-0.1, -0.05) is 32.9 Å². The maximum absolute atomic E-state index is 12.1. The van der Waals surface area contributed by atoms with Crippen LogP contribution in [0.4, 0.5) is 0 Å². The third kappa shape index (κ3) is 6.50. The van der Waals surface area contributed by atoms with E-state index in [0.717, 1.165) is 5.75 Å². The molecule has 2 atom stereocenters. The summed E-state index contributed by atoms with van der Waals surface area (Å²) in [7, 11) is -2.97. The first-order valence-electron chi connectivity index (χ1n) is 8.92. The van der Waals surface area contributed by atoms with Gasteiger partial charge in [0.1, 0.15) is 5.75 Å². The maximum Gasteiger partial charge on any atom is 0.233 e. The van der Waals surface area contributed by atoms with Gasteiger partial charge in [0.25, 0.3) is 0 Å². The summed E-state index contributed by atoms with van der Waals surface area (Å²) in [5.41, 5.74) is 1.38. The van der Waals surface area contributed by atoms with Crippen LogP contribution in [0.5, 0.6) is 5.75 Å². The fraction of sp³-hybridized carbons (Fsp3) is 0.632. The summed E-state index contributed by atoms with van der Waals surface area (Å²) in [5.74, 6) is 1.64. The Labute approximate surface area is 161 Å². The van der Waals surface area contributed by atoms with Gasteiger partial charge in [-0.15, -0.1) is 11.8 Å². The third-order valence-electron chi connectivity index (χ3n) is 4.39. The van der Waals surface area contributed by atoms with Gasteiger partial charge in [0, 0.05) is 11.8 Å². The van der Waals surface area contributed by atoms with Crippen molar-refractivity contribution in [1.29, 1.82) is 0 Å². The lowest BCUT2D eigenvalue weighted by Crippen LogP contribution is -2.40. The van der Waals surface area contributed by atoms with E-state index in [4.69, 9.17) is 4.74 Å². The van der Waals surface area contributed by atoms with Gasteiger partial charge in [-0.2, -0.15) is 0 Å². The molecule has 0 spiro atoms. The zero-order valence-corrected chi connectivity index (χ0v) is 17.6. The van der Waals surface area contributed by atoms with Gasteiger partial charge >= 0.3 is 0 Å². The van der Waals surface area contributed by atoms with Crippen molar-refractivity contribution in [3.05, 3.63) is 29.8 Å². The van der Waals surface area contributed by atoms with Crippen LogP contribution in [0.15, 0.2) is 24.3 Å². The Balaban J connectivity index is 1.68. The van der Waals surface area contributed by atoms with Crippen molar-refractivity contribution in [3.63, 3.8) is 0 Å². The van der Waals surface area contributed by atoms with Gasteiger partial charge in [-0.05, 0) is 36.5 Å². The first-order valence-corrected chi connectivity index (χ1v) is 11.8. The van der Waals surface area contributed by atoms with Crippen LogP contribution < -0.4 is 10.1 Å². The second-order valence-electron chi connectivity index (χ2n) is 7.74. The Morgan fingerprint density at radius 1 is 1.31 bits per heavy atom. The highest BCUT2D eigenvalue weighted by atomic mass is 32.2. The number of rotatable bonds is 7. The molecule has 1 aromatic rings. The minimum atomic E-state index is -2.97. The average molecular weight is 400 g/mol. The van der Waals surface area contributed by atoms with Crippen LogP contribution in [0.3, 0.4) is 0 Å². The molecular formula is C19H29NO4S2. The van der Waals surface area contributed by atoms with Crippen LogP contribution >= 0.6 is 11.8 Å². The summed E-state index contributed by atoms with van der Waals surface area (Å²) in [6.45, 7) is 8.88. The Morgan fingerprint density at radius 3 is 2.50 bits per heavy atom. The summed E-state index contributed by atoms with van der Waals surface area (Å²) >= 11 is 1.51. The molecule has 1 N–H and O–H groups in total. The predicted molar refractivity (Wildman–Crippen MR) is 108 cm³/mol. The molecule has 1 saturated heterocycles. The number of ether oxygens (including phenoxy) is 1. The molecular weight excluding hydrogens is 370 g/mol. The smallest absolute Gasteiger partial charge is 0.233 e. The summed E-state index contributed by atoms with van der Waals surface area (Å²) in [6.07, 6.45) is 0.513. The van der Waals surface area contributed by atoms with Crippen LogP contribution in [0, 0.1) is 0 Å². The molecule has 2 rings (SSSR count). The van der Waals surface area contributed by atoms with Gasteiger partial charge in [0.05, 0.1) is 23.4 Å². The molecule has 5 nitrogen and oxygen atoms in total. The number of amides is 1. The normalized spacial score (nSPS) is 20.5. The molecule has 0 radical (unpaired) electrons. The second kappa shape index (κ2) is 8.65. The van der Waals surface area contributed by atoms with E-state index in [1.54, 1.807) is 0 Å². The van der Waals surface area contributed by atoms with Gasteiger partial charge in [-0.25, -0.2) is 8.42 Å². The van der Waals surface area contributed by atoms with Gasteiger partial charge in [0.15, 0.2) is 9.84 Å². The van der Waals surface area contributed by atoms with Gasteiger partial charge in [0.2, 0.25) is 5.91 Å². The highest BCUT2D eigenvalue weighted by Crippen LogP contribution is 2.24. The second-order valence-corrected chi connectivity index (χ2v) is 11.4. The van der Waals surface area contributed by atoms with Crippen molar-refractivity contribution in [3.8, 4) is 5.75 Å². The van der Waals surface area contributed by atoms with Gasteiger partial charge in [-0.3, -0.25) is 4.79 Å². The molecule has 7 heteroatoms. The lowest BCUT2D eigenvalue weighted by Gasteiger charge is -2.19. The van der Waals surface area contributed by atoms with E-state index in [1.807, 2.05) is 19.1 Å². The maximum atomic E-state index is 12.1. The van der Waals surface area contributed by atoms with Crippen molar-refractivity contribution in [2.75, 3.05) is 23.9 Å². The molecule has 1 aromatic carbocycles. The minimum Gasteiger partial charge on any atom is -0.493 e. The predicted octanol–water partition coefficient (Wildman–Crippen LogP) is 2.79. The standard InChI is InChI=1S/C19H29NO4S2/c1-14(18(21)20-16-9-12-26(22,23)13-16)25-11-10-24-17-7-5-15(6-8-17)19(2,3)4/h5-8,14,16H,9-13H2,1-4H3,(H,20,21)/t14-,16-/m1/s1. The SMILES string of the molecule is C[C@@H](SCCOc1ccc(C(C)(C)C)cc1)C(=O)N[C@@H]1CCS(=O)(=O)C1. The van der Waals surface area contributed by atoms with Crippen molar-refractivity contribution in [2.45, 2.75) is 50.8 Å². The molecule has 26 heavy (non-hydrogen) atoms. The quantitative estimate of drug-likeness (QED) is 0.714. The van der Waals surface area contributed by atoms with Crippen LogP contribution in [0.25, 0.3) is 0 Å². The molecule has 1 aliphatic rings. The Morgan fingerprint density at radius 2 is 1.96 bits per heavy atom. The van der Waals surface area contributed by atoms with E-state index in [2.05, 4.69) is 38.2 Å². The number of carbonyl (C=O) groups is 1. The first-order chi connectivity index (χ1) is 12.1. The number of nitrogens with one attached hydrogen (secondary N) is 1. The highest BCUT2D eigenvalue weighted by molar-refractivity contribution is 8.00. The molecule has 1 fully saturated rings. The van der Waals surface area contributed by atoms with Crippen LogP contribution in [-0.2, 0) is 20.0 Å². The van der Waals surface area contributed by atoms with E-state index in [1.165, 1.54) is 17.3 Å². The molecule has 1 amide bonds. The highest BCUT2D eigenvalue weighted by Gasteiger charge is 2.29. The van der Waals surface area contributed by atoms with E-state index in [-0.39, 0.29) is 34.1 Å². The lowest BCUT2D eigenvalue weighted by molar-refractivity contribution is -0.120. The fourth-order valence-corrected chi connectivity index (χ4v) is 5.16. The number of carbonyl (C=O) groups excluding carboxylic acids is 1. The monoisotopic (exact) mass is 399 g/mol. The van der Waals surface area contributed by atoms with Crippen LogP contribution in [0.1, 0.15) is 39.7 Å². The summed E-state index contributed by atoms with van der Waals surface area (Å²) < 4.78 is 28.6. The molecule has 1 heterocycles. The molecule has 0 unspecified atom stereocenters. The van der Waals surface area contributed by atoms with Crippen molar-refractivity contribution in [2.24, 2.45) is 0 Å². The summed E-state index contributed by atoms with van der Waals surface area (Å²) in [6, 6.07) is 7.86. The Kier molecular flexibility index (Phi) is 7.02. The van der Waals surface area contributed by atoms with Crippen LogP contribution in [0.2, 0.25) is 0 Å². The zero-order valence-electron chi connectivity index (χ0n) is 15.9. The summed E-state index contributed by atoms with van der Waals surface area (Å²) in [5, 5.41) is 2.60. The van der Waals surface area contributed by atoms with E-state index < -0.39 is 9.84 Å². The van der Waals surface area contributed by atoms with Crippen molar-refractivity contribution < 1.29 is 17.9 Å². The lowest BCUT2D eigenvalue weighted by atomic mass is 9.87. The number of hydrogen-bond acceptors (Lipinski definition) is 5. The first kappa shape index (κ1) is 21.1.